The number of ether oxygens (including phenoxy) is 1. The third kappa shape index (κ3) is 4.37. The molecule has 114 valence electrons. The van der Waals surface area contributed by atoms with Crippen LogP contribution in [0.5, 0.6) is 0 Å². The fraction of sp³-hybridized carbons (Fsp3) is 0.625. The predicted molar refractivity (Wildman–Crippen MR) is 85.7 cm³/mol. The molecule has 0 aliphatic heterocycles. The molecule has 20 heavy (non-hydrogen) atoms. The summed E-state index contributed by atoms with van der Waals surface area (Å²) in [6.07, 6.45) is 1.63. The molecule has 1 atom stereocenters. The van der Waals surface area contributed by atoms with Crippen molar-refractivity contribution in [3.05, 3.63) is 28.8 Å². The molecule has 1 N–H and O–H groups in total. The Morgan fingerprint density at radius 2 is 1.95 bits per heavy atom. The minimum Gasteiger partial charge on any atom is -0.389 e. The molecule has 0 amide bonds. The quantitative estimate of drug-likeness (QED) is 0.786. The molecule has 0 aliphatic carbocycles. The van der Waals surface area contributed by atoms with Crippen molar-refractivity contribution in [3.63, 3.8) is 0 Å². The van der Waals surface area contributed by atoms with Gasteiger partial charge in [0, 0.05) is 19.7 Å². The number of nitrogens with zero attached hydrogens (tertiary/aromatic N) is 1. The Labute approximate surface area is 127 Å². The third-order valence-electron chi connectivity index (χ3n) is 3.68. The van der Waals surface area contributed by atoms with Gasteiger partial charge in [-0.1, -0.05) is 31.5 Å². The molecule has 0 unspecified atom stereocenters. The summed E-state index contributed by atoms with van der Waals surface area (Å²) in [5.74, 6) is 0. The van der Waals surface area contributed by atoms with E-state index in [4.69, 9.17) is 16.3 Å². The highest BCUT2D eigenvalue weighted by molar-refractivity contribution is 6.33. The van der Waals surface area contributed by atoms with Crippen LogP contribution in [0.4, 0.5) is 5.69 Å². The minimum atomic E-state index is -0.498. The number of aliphatic hydroxyl groups excluding tert-OH is 1. The summed E-state index contributed by atoms with van der Waals surface area (Å²) in [5.41, 5.74) is 1.86. The number of benzene rings is 1. The molecule has 1 aromatic carbocycles. The Morgan fingerprint density at radius 3 is 2.40 bits per heavy atom. The van der Waals surface area contributed by atoms with E-state index < -0.39 is 6.10 Å². The summed E-state index contributed by atoms with van der Waals surface area (Å²) in [6, 6.07) is 6.23. The van der Waals surface area contributed by atoms with E-state index >= 15 is 0 Å². The Bertz CT molecular complexity index is 405. The van der Waals surface area contributed by atoms with E-state index in [1.54, 1.807) is 14.0 Å². The van der Waals surface area contributed by atoms with Gasteiger partial charge in [0.15, 0.2) is 0 Å². The molecule has 3 nitrogen and oxygen atoms in total. The summed E-state index contributed by atoms with van der Waals surface area (Å²) in [6.45, 7) is 7.61. The van der Waals surface area contributed by atoms with Crippen molar-refractivity contribution < 1.29 is 9.84 Å². The van der Waals surface area contributed by atoms with Crippen LogP contribution in [0.25, 0.3) is 0 Å². The van der Waals surface area contributed by atoms with Gasteiger partial charge in [-0.15, -0.1) is 0 Å². The van der Waals surface area contributed by atoms with Crippen LogP contribution in [0.3, 0.4) is 0 Å². The van der Waals surface area contributed by atoms with Crippen LogP contribution in [-0.2, 0) is 4.74 Å². The number of aliphatic hydroxyl groups is 1. The number of halogens is 1. The predicted octanol–water partition coefficient (Wildman–Crippen LogP) is 4.03. The van der Waals surface area contributed by atoms with Crippen molar-refractivity contribution >= 4 is 17.3 Å². The molecule has 0 heterocycles. The summed E-state index contributed by atoms with van der Waals surface area (Å²) < 4.78 is 5.21. The van der Waals surface area contributed by atoms with E-state index in [2.05, 4.69) is 18.7 Å². The van der Waals surface area contributed by atoms with Crippen molar-refractivity contribution in [1.29, 1.82) is 0 Å². The van der Waals surface area contributed by atoms with Gasteiger partial charge in [-0.05, 0) is 37.5 Å². The average molecular weight is 300 g/mol. The van der Waals surface area contributed by atoms with E-state index in [9.17, 15) is 5.11 Å². The highest BCUT2D eigenvalue weighted by Crippen LogP contribution is 2.31. The highest BCUT2D eigenvalue weighted by atomic mass is 35.5. The minimum absolute atomic E-state index is 0.444. The number of rotatable bonds is 8. The van der Waals surface area contributed by atoms with Crippen LogP contribution < -0.4 is 4.90 Å². The van der Waals surface area contributed by atoms with Crippen LogP contribution in [0.15, 0.2) is 18.2 Å². The highest BCUT2D eigenvalue weighted by Gasteiger charge is 2.18. The summed E-state index contributed by atoms with van der Waals surface area (Å²) in [5, 5.41) is 10.3. The molecule has 0 fully saturated rings. The topological polar surface area (TPSA) is 32.7 Å². The van der Waals surface area contributed by atoms with Gasteiger partial charge in [0.1, 0.15) is 0 Å². The Balaban J connectivity index is 3.06. The molecule has 1 rings (SSSR count). The second-order valence-electron chi connectivity index (χ2n) is 5.04. The van der Waals surface area contributed by atoms with E-state index in [0.29, 0.717) is 17.7 Å². The van der Waals surface area contributed by atoms with Gasteiger partial charge in [0.25, 0.3) is 0 Å². The Morgan fingerprint density at radius 1 is 1.30 bits per heavy atom. The lowest BCUT2D eigenvalue weighted by atomic mass is 10.1. The molecular weight excluding hydrogens is 274 g/mol. The van der Waals surface area contributed by atoms with Crippen LogP contribution >= 0.6 is 11.6 Å². The fourth-order valence-electron chi connectivity index (χ4n) is 2.43. The van der Waals surface area contributed by atoms with Crippen LogP contribution in [0.2, 0.25) is 5.02 Å². The van der Waals surface area contributed by atoms with Gasteiger partial charge in [-0.2, -0.15) is 0 Å². The van der Waals surface area contributed by atoms with Crippen molar-refractivity contribution in [3.8, 4) is 0 Å². The first-order valence-electron chi connectivity index (χ1n) is 7.28. The lowest BCUT2D eigenvalue weighted by molar-refractivity contribution is 0.199. The first-order chi connectivity index (χ1) is 9.54. The summed E-state index contributed by atoms with van der Waals surface area (Å²) >= 11 is 6.41. The second kappa shape index (κ2) is 8.50. The number of methoxy groups -OCH3 is 1. The summed E-state index contributed by atoms with van der Waals surface area (Å²) in [4.78, 5) is 2.30. The monoisotopic (exact) mass is 299 g/mol. The number of hydrogen-bond donors (Lipinski definition) is 1. The van der Waals surface area contributed by atoms with Gasteiger partial charge in [0.05, 0.1) is 23.4 Å². The molecular formula is C16H26ClNO2. The molecule has 0 bridgehead atoms. The van der Waals surface area contributed by atoms with Crippen LogP contribution in [0.1, 0.15) is 45.3 Å². The fourth-order valence-corrected chi connectivity index (χ4v) is 2.73. The molecule has 0 radical (unpaired) electrons. The van der Waals surface area contributed by atoms with E-state index in [-0.39, 0.29) is 0 Å². The van der Waals surface area contributed by atoms with Gasteiger partial charge in [-0.25, -0.2) is 0 Å². The molecule has 0 saturated heterocycles. The molecule has 0 spiro atoms. The largest absolute Gasteiger partial charge is 0.389 e. The van der Waals surface area contributed by atoms with Crippen molar-refractivity contribution in [1.82, 2.24) is 0 Å². The normalized spacial score (nSPS) is 12.8. The van der Waals surface area contributed by atoms with Crippen LogP contribution in [-0.4, -0.2) is 31.4 Å². The first-order valence-corrected chi connectivity index (χ1v) is 7.65. The Hall–Kier alpha value is -0.770. The average Bonchev–Trinajstić information content (AvgIpc) is 2.43. The molecule has 0 saturated carbocycles. The number of hydrogen-bond acceptors (Lipinski definition) is 3. The van der Waals surface area contributed by atoms with Crippen molar-refractivity contribution in [2.45, 2.75) is 45.8 Å². The first kappa shape index (κ1) is 17.3. The third-order valence-corrected chi connectivity index (χ3v) is 3.99. The van der Waals surface area contributed by atoms with E-state index in [0.717, 1.165) is 30.6 Å². The Kier molecular flexibility index (Phi) is 7.35. The second-order valence-corrected chi connectivity index (χ2v) is 5.45. The van der Waals surface area contributed by atoms with Gasteiger partial charge in [-0.3, -0.25) is 0 Å². The molecule has 0 aliphatic rings. The maximum atomic E-state index is 9.63. The SMILES string of the molecule is CCC(CC)N(CCOC)c1ccc([C@H](C)O)cc1Cl. The van der Waals surface area contributed by atoms with Crippen LogP contribution in [0, 0.1) is 0 Å². The van der Waals surface area contributed by atoms with Gasteiger partial charge < -0.3 is 14.7 Å². The van der Waals surface area contributed by atoms with Gasteiger partial charge >= 0.3 is 0 Å². The lowest BCUT2D eigenvalue weighted by Gasteiger charge is -2.33. The lowest BCUT2D eigenvalue weighted by Crippen LogP contribution is -2.37. The molecule has 1 aromatic rings. The zero-order chi connectivity index (χ0) is 15.1. The maximum Gasteiger partial charge on any atom is 0.0762 e. The van der Waals surface area contributed by atoms with Crippen molar-refractivity contribution in [2.24, 2.45) is 0 Å². The van der Waals surface area contributed by atoms with Gasteiger partial charge in [0.2, 0.25) is 0 Å². The van der Waals surface area contributed by atoms with Crippen molar-refractivity contribution in [2.75, 3.05) is 25.2 Å². The molecule has 4 heteroatoms. The smallest absolute Gasteiger partial charge is 0.0762 e. The maximum absolute atomic E-state index is 9.63. The zero-order valence-corrected chi connectivity index (χ0v) is 13.7. The van der Waals surface area contributed by atoms with E-state index in [1.807, 2.05) is 18.2 Å². The number of anilines is 1. The van der Waals surface area contributed by atoms with E-state index in [1.165, 1.54) is 0 Å². The standard InChI is InChI=1S/C16H26ClNO2/c1-5-14(6-2)18(9-10-20-4)16-8-7-13(12(3)19)11-15(16)17/h7-8,11-12,14,19H,5-6,9-10H2,1-4H3/t12-/m0/s1. The summed E-state index contributed by atoms with van der Waals surface area (Å²) in [7, 11) is 1.71. The zero-order valence-electron chi connectivity index (χ0n) is 12.9. The molecule has 0 aromatic heterocycles.